The van der Waals surface area contributed by atoms with Crippen LogP contribution in [-0.4, -0.2) is 28.6 Å². The highest BCUT2D eigenvalue weighted by atomic mass is 19.1. The van der Waals surface area contributed by atoms with Crippen molar-refractivity contribution in [1.82, 2.24) is 4.90 Å². The van der Waals surface area contributed by atoms with Gasteiger partial charge in [-0.25, -0.2) is 9.18 Å². The van der Waals surface area contributed by atoms with Crippen molar-refractivity contribution in [3.8, 4) is 0 Å². The molecule has 0 fully saturated rings. The lowest BCUT2D eigenvalue weighted by atomic mass is 10.1. The molecule has 0 spiro atoms. The second kappa shape index (κ2) is 7.04. The summed E-state index contributed by atoms with van der Waals surface area (Å²) in [6.45, 7) is 7.82. The fourth-order valence-electron chi connectivity index (χ4n) is 1.90. The van der Waals surface area contributed by atoms with Gasteiger partial charge in [-0.3, -0.25) is 4.90 Å². The van der Waals surface area contributed by atoms with Crippen LogP contribution < -0.4 is 0 Å². The third-order valence-electron chi connectivity index (χ3n) is 3.02. The van der Waals surface area contributed by atoms with Gasteiger partial charge in [0.15, 0.2) is 0 Å². The van der Waals surface area contributed by atoms with Gasteiger partial charge in [0.25, 0.3) is 0 Å². The van der Waals surface area contributed by atoms with Crippen LogP contribution in [0.4, 0.5) is 4.39 Å². The minimum absolute atomic E-state index is 0.360. The Morgan fingerprint density at radius 1 is 1.47 bits per heavy atom. The molecule has 0 saturated heterocycles. The number of halogens is 1. The molecular formula is C15H20FNO2. The Morgan fingerprint density at radius 3 is 2.68 bits per heavy atom. The molecule has 0 amide bonds. The summed E-state index contributed by atoms with van der Waals surface area (Å²) in [5.41, 5.74) is 1.54. The molecule has 0 heterocycles. The molecule has 19 heavy (non-hydrogen) atoms. The zero-order valence-electron chi connectivity index (χ0n) is 11.6. The van der Waals surface area contributed by atoms with E-state index < -0.39 is 5.97 Å². The Bertz CT molecular complexity index is 469. The average Bonchev–Trinajstić information content (AvgIpc) is 2.34. The highest BCUT2D eigenvalue weighted by Gasteiger charge is 2.10. The molecule has 0 unspecified atom stereocenters. The molecule has 1 rings (SSSR count). The standard InChI is InChI=1S/C15H20FNO2/c1-4-17(11(2)3)10-13-5-7-14(16)9-12(13)6-8-15(18)19/h5-9,11H,4,10H2,1-3H3,(H,18,19). The lowest BCUT2D eigenvalue weighted by molar-refractivity contribution is -0.131. The Balaban J connectivity index is 3.02. The molecule has 0 saturated carbocycles. The van der Waals surface area contributed by atoms with E-state index in [1.54, 1.807) is 6.07 Å². The minimum atomic E-state index is -1.04. The van der Waals surface area contributed by atoms with Gasteiger partial charge in [0.2, 0.25) is 0 Å². The zero-order chi connectivity index (χ0) is 14.4. The number of aliphatic carboxylic acids is 1. The molecule has 1 aromatic carbocycles. The normalized spacial score (nSPS) is 11.7. The van der Waals surface area contributed by atoms with Gasteiger partial charge in [0.05, 0.1) is 0 Å². The van der Waals surface area contributed by atoms with Crippen molar-refractivity contribution in [2.45, 2.75) is 33.4 Å². The predicted molar refractivity (Wildman–Crippen MR) is 74.3 cm³/mol. The van der Waals surface area contributed by atoms with Crippen LogP contribution in [0.3, 0.4) is 0 Å². The Labute approximate surface area is 113 Å². The van der Waals surface area contributed by atoms with Gasteiger partial charge >= 0.3 is 5.97 Å². The van der Waals surface area contributed by atoms with Crippen LogP contribution in [0.1, 0.15) is 31.9 Å². The maximum atomic E-state index is 13.3. The number of rotatable bonds is 6. The summed E-state index contributed by atoms with van der Waals surface area (Å²) in [5, 5.41) is 8.66. The largest absolute Gasteiger partial charge is 0.478 e. The summed E-state index contributed by atoms with van der Waals surface area (Å²) < 4.78 is 13.3. The molecule has 0 aliphatic heterocycles. The lowest BCUT2D eigenvalue weighted by Gasteiger charge is -2.25. The number of benzene rings is 1. The maximum Gasteiger partial charge on any atom is 0.328 e. The number of nitrogens with zero attached hydrogens (tertiary/aromatic N) is 1. The first-order chi connectivity index (χ1) is 8.93. The van der Waals surface area contributed by atoms with Gasteiger partial charge in [-0.15, -0.1) is 0 Å². The van der Waals surface area contributed by atoms with E-state index in [-0.39, 0.29) is 5.82 Å². The smallest absolute Gasteiger partial charge is 0.328 e. The van der Waals surface area contributed by atoms with E-state index in [2.05, 4.69) is 25.7 Å². The Hall–Kier alpha value is -1.68. The van der Waals surface area contributed by atoms with E-state index in [4.69, 9.17) is 5.11 Å². The number of carbonyl (C=O) groups is 1. The van der Waals surface area contributed by atoms with Gasteiger partial charge in [-0.05, 0) is 49.7 Å². The van der Waals surface area contributed by atoms with Crippen LogP contribution in [0.5, 0.6) is 0 Å². The van der Waals surface area contributed by atoms with E-state index in [0.29, 0.717) is 18.2 Å². The SMILES string of the molecule is CCN(Cc1ccc(F)cc1C=CC(=O)O)C(C)C. The van der Waals surface area contributed by atoms with E-state index in [1.165, 1.54) is 18.2 Å². The molecule has 0 aliphatic rings. The molecule has 4 heteroatoms. The molecule has 0 aromatic heterocycles. The number of carboxylic acids is 1. The molecule has 0 bridgehead atoms. The minimum Gasteiger partial charge on any atom is -0.478 e. The van der Waals surface area contributed by atoms with Gasteiger partial charge in [-0.1, -0.05) is 13.0 Å². The predicted octanol–water partition coefficient (Wildman–Crippen LogP) is 3.15. The van der Waals surface area contributed by atoms with Crippen molar-refractivity contribution in [2.24, 2.45) is 0 Å². The van der Waals surface area contributed by atoms with Gasteiger partial charge in [-0.2, -0.15) is 0 Å². The molecule has 0 aliphatic carbocycles. The third kappa shape index (κ3) is 4.83. The van der Waals surface area contributed by atoms with Crippen LogP contribution in [0.25, 0.3) is 6.08 Å². The fraction of sp³-hybridized carbons (Fsp3) is 0.400. The van der Waals surface area contributed by atoms with Crippen molar-refractivity contribution in [1.29, 1.82) is 0 Å². The van der Waals surface area contributed by atoms with Gasteiger partial charge in [0.1, 0.15) is 5.82 Å². The van der Waals surface area contributed by atoms with Crippen molar-refractivity contribution in [2.75, 3.05) is 6.54 Å². The molecule has 0 atom stereocenters. The molecule has 3 nitrogen and oxygen atoms in total. The number of carboxylic acid groups (broad SMARTS) is 1. The summed E-state index contributed by atoms with van der Waals surface area (Å²) >= 11 is 0. The summed E-state index contributed by atoms with van der Waals surface area (Å²) in [4.78, 5) is 12.8. The maximum absolute atomic E-state index is 13.3. The first-order valence-corrected chi connectivity index (χ1v) is 6.37. The number of hydrogen-bond donors (Lipinski definition) is 1. The second-order valence-electron chi connectivity index (χ2n) is 4.67. The van der Waals surface area contributed by atoms with Crippen LogP contribution in [0.15, 0.2) is 24.3 Å². The van der Waals surface area contributed by atoms with Crippen LogP contribution in [-0.2, 0) is 11.3 Å². The molecular weight excluding hydrogens is 245 g/mol. The summed E-state index contributed by atoms with van der Waals surface area (Å²) in [6.07, 6.45) is 2.47. The van der Waals surface area contributed by atoms with Crippen LogP contribution in [0.2, 0.25) is 0 Å². The van der Waals surface area contributed by atoms with E-state index in [0.717, 1.165) is 18.2 Å². The molecule has 104 valence electrons. The van der Waals surface area contributed by atoms with Crippen LogP contribution in [0, 0.1) is 5.82 Å². The highest BCUT2D eigenvalue weighted by Crippen LogP contribution is 2.17. The molecule has 1 N–H and O–H groups in total. The highest BCUT2D eigenvalue weighted by molar-refractivity contribution is 5.85. The Morgan fingerprint density at radius 2 is 2.16 bits per heavy atom. The topological polar surface area (TPSA) is 40.5 Å². The van der Waals surface area contributed by atoms with Gasteiger partial charge < -0.3 is 5.11 Å². The Kier molecular flexibility index (Phi) is 5.70. The number of hydrogen-bond acceptors (Lipinski definition) is 2. The second-order valence-corrected chi connectivity index (χ2v) is 4.67. The first kappa shape index (κ1) is 15.4. The quantitative estimate of drug-likeness (QED) is 0.803. The van der Waals surface area contributed by atoms with E-state index in [1.807, 2.05) is 0 Å². The fourth-order valence-corrected chi connectivity index (χ4v) is 1.90. The van der Waals surface area contributed by atoms with E-state index in [9.17, 15) is 9.18 Å². The summed E-state index contributed by atoms with van der Waals surface area (Å²) in [5.74, 6) is -1.40. The average molecular weight is 265 g/mol. The molecule has 1 aromatic rings. The van der Waals surface area contributed by atoms with E-state index >= 15 is 0 Å². The lowest BCUT2D eigenvalue weighted by Crippen LogP contribution is -2.30. The zero-order valence-corrected chi connectivity index (χ0v) is 11.6. The summed E-state index contributed by atoms with van der Waals surface area (Å²) in [7, 11) is 0. The van der Waals surface area contributed by atoms with Crippen molar-refractivity contribution in [3.63, 3.8) is 0 Å². The van der Waals surface area contributed by atoms with Crippen molar-refractivity contribution in [3.05, 3.63) is 41.2 Å². The summed E-state index contributed by atoms with van der Waals surface area (Å²) in [6, 6.07) is 4.86. The van der Waals surface area contributed by atoms with Crippen LogP contribution >= 0.6 is 0 Å². The monoisotopic (exact) mass is 265 g/mol. The van der Waals surface area contributed by atoms with Gasteiger partial charge in [0, 0.05) is 18.7 Å². The molecule has 0 radical (unpaired) electrons. The van der Waals surface area contributed by atoms with Crippen molar-refractivity contribution < 1.29 is 14.3 Å². The third-order valence-corrected chi connectivity index (χ3v) is 3.02. The van der Waals surface area contributed by atoms with Crippen molar-refractivity contribution >= 4 is 12.0 Å². The first-order valence-electron chi connectivity index (χ1n) is 6.37.